The van der Waals surface area contributed by atoms with Crippen LogP contribution in [0.5, 0.6) is 0 Å². The highest BCUT2D eigenvalue weighted by atomic mass is 19.4. The maximum atomic E-state index is 12.5. The van der Waals surface area contributed by atoms with Crippen LogP contribution in [0.1, 0.15) is 29.5 Å². The number of benzene rings is 1. The van der Waals surface area contributed by atoms with Gasteiger partial charge in [0.15, 0.2) is 17.6 Å². The molecule has 0 N–H and O–H groups in total. The Bertz CT molecular complexity index is 705. The van der Waals surface area contributed by atoms with Gasteiger partial charge in [-0.1, -0.05) is 46.7 Å². The molecule has 1 aromatic carbocycles. The zero-order valence-corrected chi connectivity index (χ0v) is 11.2. The van der Waals surface area contributed by atoms with Gasteiger partial charge in [-0.3, -0.25) is 0 Å². The van der Waals surface area contributed by atoms with Crippen LogP contribution in [0.4, 0.5) is 13.2 Å². The third-order valence-electron chi connectivity index (χ3n) is 3.10. The molecule has 22 heavy (non-hydrogen) atoms. The second-order valence-corrected chi connectivity index (χ2v) is 4.74. The van der Waals surface area contributed by atoms with Crippen LogP contribution in [-0.2, 0) is 11.0 Å². The normalized spacial score (nSPS) is 18.5. The second kappa shape index (κ2) is 5.67. The number of alkyl halides is 3. The lowest BCUT2D eigenvalue weighted by molar-refractivity contribution is -0.142. The maximum Gasteiger partial charge on any atom is 0.436 e. The van der Waals surface area contributed by atoms with Crippen molar-refractivity contribution in [2.45, 2.75) is 18.7 Å². The standard InChI is InChI=1S/C15H11F3N2O2/c16-15(17,18)14-9-13(22-20-14)12-8-11(19-21-12)7-6-10-4-2-1-3-5-10/h1-7,9,12H,8H2/b7-6+. The molecule has 7 heteroatoms. The van der Waals surface area contributed by atoms with E-state index in [1.54, 1.807) is 6.08 Å². The number of halogens is 3. The minimum Gasteiger partial charge on any atom is -0.384 e. The van der Waals surface area contributed by atoms with Crippen molar-refractivity contribution < 1.29 is 22.5 Å². The fraction of sp³-hybridized carbons (Fsp3) is 0.200. The fourth-order valence-corrected chi connectivity index (χ4v) is 1.98. The van der Waals surface area contributed by atoms with Crippen LogP contribution in [0.2, 0.25) is 0 Å². The molecule has 2 heterocycles. The minimum atomic E-state index is -4.53. The van der Waals surface area contributed by atoms with E-state index >= 15 is 0 Å². The number of allylic oxidation sites excluding steroid dienone is 1. The quantitative estimate of drug-likeness (QED) is 0.852. The summed E-state index contributed by atoms with van der Waals surface area (Å²) < 4.78 is 42.1. The molecular formula is C15H11F3N2O2. The van der Waals surface area contributed by atoms with Crippen LogP contribution in [0, 0.1) is 0 Å². The molecule has 0 fully saturated rings. The van der Waals surface area contributed by atoms with Crippen molar-refractivity contribution in [3.05, 3.63) is 59.5 Å². The lowest BCUT2D eigenvalue weighted by atomic mass is 10.1. The zero-order valence-electron chi connectivity index (χ0n) is 11.2. The van der Waals surface area contributed by atoms with Crippen molar-refractivity contribution >= 4 is 11.8 Å². The highest BCUT2D eigenvalue weighted by molar-refractivity contribution is 5.98. The van der Waals surface area contributed by atoms with Crippen LogP contribution in [-0.4, -0.2) is 10.9 Å². The van der Waals surface area contributed by atoms with Gasteiger partial charge >= 0.3 is 6.18 Å². The Hall–Kier alpha value is -2.57. The van der Waals surface area contributed by atoms with E-state index in [-0.39, 0.29) is 5.76 Å². The topological polar surface area (TPSA) is 47.6 Å². The number of aromatic nitrogens is 1. The van der Waals surface area contributed by atoms with Crippen molar-refractivity contribution in [3.8, 4) is 0 Å². The van der Waals surface area contributed by atoms with Crippen LogP contribution in [0.25, 0.3) is 6.08 Å². The largest absolute Gasteiger partial charge is 0.436 e. The van der Waals surface area contributed by atoms with E-state index in [0.29, 0.717) is 12.1 Å². The van der Waals surface area contributed by atoms with Crippen molar-refractivity contribution in [1.82, 2.24) is 5.16 Å². The molecule has 2 aromatic rings. The smallest absolute Gasteiger partial charge is 0.384 e. The van der Waals surface area contributed by atoms with E-state index in [9.17, 15) is 13.2 Å². The Labute approximate surface area is 123 Å². The Balaban J connectivity index is 1.64. The predicted molar refractivity (Wildman–Crippen MR) is 72.9 cm³/mol. The summed E-state index contributed by atoms with van der Waals surface area (Å²) in [6.45, 7) is 0. The SMILES string of the molecule is FC(F)(F)c1cc(C2CC(/C=C/c3ccccc3)=NO2)on1. The first-order chi connectivity index (χ1) is 10.5. The Kier molecular flexibility index (Phi) is 3.70. The molecule has 0 spiro atoms. The maximum absolute atomic E-state index is 12.5. The summed E-state index contributed by atoms with van der Waals surface area (Å²) >= 11 is 0. The second-order valence-electron chi connectivity index (χ2n) is 4.74. The van der Waals surface area contributed by atoms with E-state index in [1.165, 1.54) is 0 Å². The van der Waals surface area contributed by atoms with E-state index in [0.717, 1.165) is 11.6 Å². The summed E-state index contributed by atoms with van der Waals surface area (Å²) in [5, 5.41) is 6.84. The van der Waals surface area contributed by atoms with Gasteiger partial charge in [-0.25, -0.2) is 0 Å². The average Bonchev–Trinajstić information content (AvgIpc) is 3.14. The van der Waals surface area contributed by atoms with Crippen molar-refractivity contribution in [2.75, 3.05) is 0 Å². The van der Waals surface area contributed by atoms with Gasteiger partial charge in [0.05, 0.1) is 5.71 Å². The van der Waals surface area contributed by atoms with Gasteiger partial charge in [0.1, 0.15) is 0 Å². The van der Waals surface area contributed by atoms with Gasteiger partial charge in [-0.15, -0.1) is 0 Å². The third-order valence-corrected chi connectivity index (χ3v) is 3.10. The van der Waals surface area contributed by atoms with Crippen molar-refractivity contribution in [1.29, 1.82) is 0 Å². The number of rotatable bonds is 3. The molecule has 0 radical (unpaired) electrons. The number of nitrogens with zero attached hydrogens (tertiary/aromatic N) is 2. The molecule has 114 valence electrons. The summed E-state index contributed by atoms with van der Waals surface area (Å²) in [5.74, 6) is 0.0131. The monoisotopic (exact) mass is 308 g/mol. The van der Waals surface area contributed by atoms with Crippen molar-refractivity contribution in [3.63, 3.8) is 0 Å². The first-order valence-corrected chi connectivity index (χ1v) is 6.52. The van der Waals surface area contributed by atoms with Gasteiger partial charge in [0.2, 0.25) is 0 Å². The van der Waals surface area contributed by atoms with E-state index in [2.05, 4.69) is 10.3 Å². The highest BCUT2D eigenvalue weighted by Crippen LogP contribution is 2.33. The molecule has 0 bridgehead atoms. The lowest BCUT2D eigenvalue weighted by Crippen LogP contribution is -2.04. The van der Waals surface area contributed by atoms with Gasteiger partial charge < -0.3 is 9.36 Å². The molecule has 3 rings (SSSR count). The van der Waals surface area contributed by atoms with Gasteiger partial charge in [0, 0.05) is 12.5 Å². The van der Waals surface area contributed by atoms with Gasteiger partial charge in [-0.05, 0) is 11.6 Å². The molecule has 1 aromatic heterocycles. The summed E-state index contributed by atoms with van der Waals surface area (Å²) in [4.78, 5) is 5.10. The molecule has 1 aliphatic rings. The molecule has 1 unspecified atom stereocenters. The van der Waals surface area contributed by atoms with Crippen LogP contribution >= 0.6 is 0 Å². The van der Waals surface area contributed by atoms with E-state index in [1.807, 2.05) is 36.4 Å². The van der Waals surface area contributed by atoms with Crippen LogP contribution in [0.3, 0.4) is 0 Å². The van der Waals surface area contributed by atoms with Gasteiger partial charge in [-0.2, -0.15) is 13.2 Å². The summed E-state index contributed by atoms with van der Waals surface area (Å²) in [7, 11) is 0. The summed E-state index contributed by atoms with van der Waals surface area (Å²) in [6.07, 6.45) is -1.27. The molecule has 0 amide bonds. The lowest BCUT2D eigenvalue weighted by Gasteiger charge is -2.01. The summed E-state index contributed by atoms with van der Waals surface area (Å²) in [6, 6.07) is 10.4. The fourth-order valence-electron chi connectivity index (χ4n) is 1.98. The first kappa shape index (κ1) is 14.4. The molecule has 0 aliphatic carbocycles. The zero-order chi connectivity index (χ0) is 15.6. The molecule has 1 aliphatic heterocycles. The molecule has 4 nitrogen and oxygen atoms in total. The molecule has 0 saturated carbocycles. The highest BCUT2D eigenvalue weighted by Gasteiger charge is 2.37. The Morgan fingerprint density at radius 3 is 2.59 bits per heavy atom. The molecule has 0 saturated heterocycles. The molecule has 1 atom stereocenters. The van der Waals surface area contributed by atoms with Crippen LogP contribution in [0.15, 0.2) is 52.2 Å². The third kappa shape index (κ3) is 3.19. The number of hydrogen-bond donors (Lipinski definition) is 0. The Morgan fingerprint density at radius 2 is 1.91 bits per heavy atom. The minimum absolute atomic E-state index is 0.0131. The summed E-state index contributed by atoms with van der Waals surface area (Å²) in [5.41, 5.74) is 0.547. The van der Waals surface area contributed by atoms with Crippen LogP contribution < -0.4 is 0 Å². The first-order valence-electron chi connectivity index (χ1n) is 6.52. The van der Waals surface area contributed by atoms with E-state index in [4.69, 9.17) is 9.36 Å². The number of hydrogen-bond acceptors (Lipinski definition) is 4. The van der Waals surface area contributed by atoms with Gasteiger partial charge in [0.25, 0.3) is 0 Å². The van der Waals surface area contributed by atoms with E-state index < -0.39 is 18.0 Å². The average molecular weight is 308 g/mol. The molecular weight excluding hydrogens is 297 g/mol. The number of oxime groups is 1. The predicted octanol–water partition coefficient (Wildman–Crippen LogP) is 4.22. The Morgan fingerprint density at radius 1 is 1.14 bits per heavy atom. The van der Waals surface area contributed by atoms with Crippen molar-refractivity contribution in [2.24, 2.45) is 5.16 Å².